The first-order chi connectivity index (χ1) is 15.7. The van der Waals surface area contributed by atoms with Gasteiger partial charge < -0.3 is 9.14 Å². The van der Waals surface area contributed by atoms with E-state index in [9.17, 15) is 13.2 Å². The SMILES string of the molecule is Cc1nc2ccccn2c1CN1C(=O)[C@@H](C)Oc2ccc(-c3cccc(S(N)(=O)=O)c3)nc21. The molecule has 4 aromatic rings. The molecule has 3 aromatic heterocycles. The number of aromatic nitrogens is 3. The van der Waals surface area contributed by atoms with Crippen molar-refractivity contribution in [2.24, 2.45) is 5.14 Å². The molecule has 9 nitrogen and oxygen atoms in total. The smallest absolute Gasteiger partial charge is 0.269 e. The van der Waals surface area contributed by atoms with Gasteiger partial charge in [-0.15, -0.1) is 0 Å². The summed E-state index contributed by atoms with van der Waals surface area (Å²) in [6.45, 7) is 3.85. The minimum absolute atomic E-state index is 0.0151. The van der Waals surface area contributed by atoms with Crippen molar-refractivity contribution in [3.05, 3.63) is 72.2 Å². The lowest BCUT2D eigenvalue weighted by Gasteiger charge is -2.32. The monoisotopic (exact) mass is 463 g/mol. The molecule has 0 unspecified atom stereocenters. The predicted molar refractivity (Wildman–Crippen MR) is 122 cm³/mol. The lowest BCUT2D eigenvalue weighted by molar-refractivity contribution is -0.125. The van der Waals surface area contributed by atoms with E-state index in [1.807, 2.05) is 35.7 Å². The van der Waals surface area contributed by atoms with E-state index in [2.05, 4.69) is 9.97 Å². The van der Waals surface area contributed by atoms with Crippen LogP contribution in [0.1, 0.15) is 18.3 Å². The van der Waals surface area contributed by atoms with Crippen LogP contribution in [0.5, 0.6) is 5.75 Å². The van der Waals surface area contributed by atoms with Gasteiger partial charge in [0.2, 0.25) is 10.0 Å². The van der Waals surface area contributed by atoms with E-state index in [1.165, 1.54) is 12.1 Å². The Morgan fingerprint density at radius 2 is 1.91 bits per heavy atom. The van der Waals surface area contributed by atoms with Crippen LogP contribution in [-0.2, 0) is 21.4 Å². The first kappa shape index (κ1) is 21.1. The molecule has 0 fully saturated rings. The van der Waals surface area contributed by atoms with Gasteiger partial charge in [-0.1, -0.05) is 18.2 Å². The maximum absolute atomic E-state index is 13.1. The molecule has 1 aromatic carbocycles. The Kier molecular flexibility index (Phi) is 4.91. The summed E-state index contributed by atoms with van der Waals surface area (Å²) in [5.41, 5.74) is 3.51. The normalized spacial score (nSPS) is 16.0. The standard InChI is InChI=1S/C23H21N5O4S/c1-14-19(27-11-4-3-8-21(27)25-14)13-28-22-20(32-15(2)23(28)29)10-9-18(26-22)16-6-5-7-17(12-16)33(24,30)31/h3-12,15H,13H2,1-2H3,(H2,24,30,31)/t15-/m1/s1. The van der Waals surface area contributed by atoms with Gasteiger partial charge >= 0.3 is 0 Å². The van der Waals surface area contributed by atoms with E-state index in [1.54, 1.807) is 36.1 Å². The van der Waals surface area contributed by atoms with Gasteiger partial charge in [-0.2, -0.15) is 0 Å². The highest BCUT2D eigenvalue weighted by atomic mass is 32.2. The molecule has 0 bridgehead atoms. The average Bonchev–Trinajstić information content (AvgIpc) is 3.11. The Labute approximate surface area is 190 Å². The first-order valence-corrected chi connectivity index (χ1v) is 11.8. The van der Waals surface area contributed by atoms with Crippen LogP contribution in [0.2, 0.25) is 0 Å². The van der Waals surface area contributed by atoms with Crippen LogP contribution in [0.3, 0.4) is 0 Å². The molecule has 0 spiro atoms. The van der Waals surface area contributed by atoms with E-state index < -0.39 is 16.1 Å². The summed E-state index contributed by atoms with van der Waals surface area (Å²) < 4.78 is 31.3. The number of benzene rings is 1. The summed E-state index contributed by atoms with van der Waals surface area (Å²) in [5, 5.41) is 5.28. The second-order valence-electron chi connectivity index (χ2n) is 7.85. The molecule has 5 rings (SSSR count). The number of primary sulfonamides is 1. The molecule has 0 aliphatic carbocycles. The summed E-state index contributed by atoms with van der Waals surface area (Å²) in [6.07, 6.45) is 1.23. The molecular formula is C23H21N5O4S. The van der Waals surface area contributed by atoms with Crippen LogP contribution in [0.4, 0.5) is 5.82 Å². The number of pyridine rings is 2. The minimum Gasteiger partial charge on any atom is -0.477 e. The number of nitrogens with zero attached hydrogens (tertiary/aromatic N) is 4. The fourth-order valence-corrected chi connectivity index (χ4v) is 4.50. The van der Waals surface area contributed by atoms with Gasteiger partial charge in [0, 0.05) is 11.8 Å². The minimum atomic E-state index is -3.86. The number of sulfonamides is 1. The van der Waals surface area contributed by atoms with Gasteiger partial charge in [-0.25, -0.2) is 23.5 Å². The fourth-order valence-electron chi connectivity index (χ4n) is 3.94. The molecule has 1 aliphatic heterocycles. The Balaban J connectivity index is 1.60. The lowest BCUT2D eigenvalue weighted by atomic mass is 10.1. The van der Waals surface area contributed by atoms with Crippen LogP contribution in [-0.4, -0.2) is 34.8 Å². The Hall–Kier alpha value is -3.76. The summed E-state index contributed by atoms with van der Waals surface area (Å²) in [5.74, 6) is 0.609. The van der Waals surface area contributed by atoms with E-state index >= 15 is 0 Å². The van der Waals surface area contributed by atoms with Crippen molar-refractivity contribution in [2.75, 3.05) is 4.90 Å². The van der Waals surface area contributed by atoms with Gasteiger partial charge in [0.05, 0.1) is 28.5 Å². The van der Waals surface area contributed by atoms with Gasteiger partial charge in [-0.3, -0.25) is 9.69 Å². The molecule has 0 saturated heterocycles. The van der Waals surface area contributed by atoms with Crippen molar-refractivity contribution < 1.29 is 17.9 Å². The maximum atomic E-state index is 13.1. The number of fused-ring (bicyclic) bond motifs is 2. The zero-order chi connectivity index (χ0) is 23.3. The summed E-state index contributed by atoms with van der Waals surface area (Å²) in [6, 6.07) is 15.4. The van der Waals surface area contributed by atoms with Crippen LogP contribution < -0.4 is 14.8 Å². The third-order valence-electron chi connectivity index (χ3n) is 5.61. The van der Waals surface area contributed by atoms with Crippen LogP contribution in [0.25, 0.3) is 16.9 Å². The van der Waals surface area contributed by atoms with Gasteiger partial charge in [0.15, 0.2) is 17.7 Å². The highest BCUT2D eigenvalue weighted by molar-refractivity contribution is 7.89. The van der Waals surface area contributed by atoms with Gasteiger partial charge in [0.25, 0.3) is 5.91 Å². The number of rotatable bonds is 4. The molecule has 168 valence electrons. The third-order valence-corrected chi connectivity index (χ3v) is 6.52. The molecule has 2 N–H and O–H groups in total. The zero-order valence-corrected chi connectivity index (χ0v) is 18.8. The Morgan fingerprint density at radius 3 is 2.70 bits per heavy atom. The van der Waals surface area contributed by atoms with Crippen LogP contribution in [0, 0.1) is 6.92 Å². The molecule has 1 aliphatic rings. The number of anilines is 1. The number of ether oxygens (including phenoxy) is 1. The summed E-state index contributed by atoms with van der Waals surface area (Å²) in [7, 11) is -3.86. The molecular weight excluding hydrogens is 442 g/mol. The maximum Gasteiger partial charge on any atom is 0.269 e. The number of carbonyl (C=O) groups is 1. The van der Waals surface area contributed by atoms with Crippen molar-refractivity contribution >= 4 is 27.4 Å². The molecule has 1 amide bonds. The Morgan fingerprint density at radius 1 is 1.09 bits per heavy atom. The highest BCUT2D eigenvalue weighted by Crippen LogP contribution is 2.36. The van der Waals surface area contributed by atoms with E-state index in [4.69, 9.17) is 9.88 Å². The van der Waals surface area contributed by atoms with Gasteiger partial charge in [0.1, 0.15) is 5.65 Å². The van der Waals surface area contributed by atoms with E-state index in [0.29, 0.717) is 22.8 Å². The van der Waals surface area contributed by atoms with Crippen molar-refractivity contribution in [3.8, 4) is 17.0 Å². The number of nitrogens with two attached hydrogens (primary N) is 1. The molecule has 0 radical (unpaired) electrons. The number of hydrogen-bond donors (Lipinski definition) is 1. The number of hydrogen-bond acceptors (Lipinski definition) is 6. The summed E-state index contributed by atoms with van der Waals surface area (Å²) >= 11 is 0. The van der Waals surface area contributed by atoms with Crippen molar-refractivity contribution in [2.45, 2.75) is 31.4 Å². The third kappa shape index (κ3) is 3.73. The van der Waals surface area contributed by atoms with Crippen LogP contribution >= 0.6 is 0 Å². The number of amides is 1. The van der Waals surface area contributed by atoms with Crippen molar-refractivity contribution in [3.63, 3.8) is 0 Å². The van der Waals surface area contributed by atoms with E-state index in [-0.39, 0.29) is 17.3 Å². The second-order valence-corrected chi connectivity index (χ2v) is 9.41. The molecule has 1 atom stereocenters. The first-order valence-electron chi connectivity index (χ1n) is 10.3. The Bertz CT molecular complexity index is 1510. The zero-order valence-electron chi connectivity index (χ0n) is 18.0. The largest absolute Gasteiger partial charge is 0.477 e. The molecule has 4 heterocycles. The van der Waals surface area contributed by atoms with E-state index in [0.717, 1.165) is 17.0 Å². The highest BCUT2D eigenvalue weighted by Gasteiger charge is 2.34. The van der Waals surface area contributed by atoms with Crippen molar-refractivity contribution in [1.29, 1.82) is 0 Å². The predicted octanol–water partition coefficient (Wildman–Crippen LogP) is 2.67. The quantitative estimate of drug-likeness (QED) is 0.497. The topological polar surface area (TPSA) is 120 Å². The van der Waals surface area contributed by atoms with Crippen molar-refractivity contribution in [1.82, 2.24) is 14.4 Å². The lowest BCUT2D eigenvalue weighted by Crippen LogP contribution is -2.44. The average molecular weight is 464 g/mol. The number of carbonyl (C=O) groups excluding carboxylic acids is 1. The van der Waals surface area contributed by atoms with Gasteiger partial charge in [-0.05, 0) is 50.2 Å². The van der Waals surface area contributed by atoms with Crippen LogP contribution in [0.15, 0.2) is 65.7 Å². The molecule has 33 heavy (non-hydrogen) atoms. The summed E-state index contributed by atoms with van der Waals surface area (Å²) in [4.78, 5) is 24.0. The fraction of sp³-hybridized carbons (Fsp3) is 0.174. The molecule has 0 saturated carbocycles. The number of imidazole rings is 1. The molecule has 10 heteroatoms. The number of aryl methyl sites for hydroxylation is 1. The second kappa shape index (κ2) is 7.68.